The fourth-order valence-electron chi connectivity index (χ4n) is 1.66. The van der Waals surface area contributed by atoms with Crippen molar-refractivity contribution in [1.29, 1.82) is 0 Å². The molecule has 1 heterocycles. The van der Waals surface area contributed by atoms with Gasteiger partial charge in [-0.2, -0.15) is 4.98 Å². The van der Waals surface area contributed by atoms with Crippen molar-refractivity contribution < 1.29 is 4.52 Å². The lowest BCUT2D eigenvalue weighted by Crippen LogP contribution is -2.25. The lowest BCUT2D eigenvalue weighted by atomic mass is 10.2. The van der Waals surface area contributed by atoms with Crippen LogP contribution in [0.25, 0.3) is 0 Å². The first-order valence-corrected chi connectivity index (χ1v) is 6.22. The molecule has 92 valence electrons. The molecule has 0 saturated carbocycles. The summed E-state index contributed by atoms with van der Waals surface area (Å²) in [5.74, 6) is 1.89. The Morgan fingerprint density at radius 2 is 1.81 bits per heavy atom. The second-order valence-corrected chi connectivity index (χ2v) is 4.48. The van der Waals surface area contributed by atoms with Crippen molar-refractivity contribution in [2.45, 2.75) is 53.0 Å². The highest BCUT2D eigenvalue weighted by Gasteiger charge is 2.12. The van der Waals surface area contributed by atoms with Gasteiger partial charge in [-0.3, -0.25) is 4.90 Å². The van der Waals surface area contributed by atoms with Crippen LogP contribution in [0, 0.1) is 0 Å². The van der Waals surface area contributed by atoms with Crippen LogP contribution < -0.4 is 0 Å². The molecule has 0 bridgehead atoms. The lowest BCUT2D eigenvalue weighted by Gasteiger charge is -2.18. The first-order chi connectivity index (χ1) is 7.67. The molecule has 0 atom stereocenters. The van der Waals surface area contributed by atoms with Crippen molar-refractivity contribution in [3.05, 3.63) is 11.7 Å². The Morgan fingerprint density at radius 1 is 1.19 bits per heavy atom. The molecule has 0 aliphatic heterocycles. The normalized spacial score (nSPS) is 11.6. The van der Waals surface area contributed by atoms with Gasteiger partial charge in [0.2, 0.25) is 5.89 Å². The molecule has 0 amide bonds. The molecule has 0 aliphatic rings. The minimum atomic E-state index is 0.336. The van der Waals surface area contributed by atoms with Crippen molar-refractivity contribution in [3.63, 3.8) is 0 Å². The Labute approximate surface area is 98.0 Å². The van der Waals surface area contributed by atoms with E-state index in [1.54, 1.807) is 0 Å². The van der Waals surface area contributed by atoms with Crippen LogP contribution >= 0.6 is 0 Å². The topological polar surface area (TPSA) is 42.2 Å². The van der Waals surface area contributed by atoms with Gasteiger partial charge < -0.3 is 4.52 Å². The van der Waals surface area contributed by atoms with Crippen molar-refractivity contribution in [2.75, 3.05) is 13.1 Å². The summed E-state index contributed by atoms with van der Waals surface area (Å²) in [5, 5.41) is 3.98. The highest BCUT2D eigenvalue weighted by Crippen LogP contribution is 2.11. The fraction of sp³-hybridized carbons (Fsp3) is 0.833. The Hall–Kier alpha value is -0.900. The first kappa shape index (κ1) is 13.2. The maximum absolute atomic E-state index is 5.25. The average Bonchev–Trinajstić information content (AvgIpc) is 2.67. The second-order valence-electron chi connectivity index (χ2n) is 4.48. The molecule has 1 aromatic heterocycles. The summed E-state index contributed by atoms with van der Waals surface area (Å²) in [6, 6.07) is 0. The third-order valence-corrected chi connectivity index (χ3v) is 2.44. The molecular weight excluding hydrogens is 202 g/mol. The minimum Gasteiger partial charge on any atom is -0.338 e. The summed E-state index contributed by atoms with van der Waals surface area (Å²) in [6.07, 6.45) is 2.32. The molecule has 0 unspecified atom stereocenters. The monoisotopic (exact) mass is 225 g/mol. The molecule has 0 fully saturated rings. The molecule has 1 rings (SSSR count). The molecule has 1 aromatic rings. The van der Waals surface area contributed by atoms with E-state index in [9.17, 15) is 0 Å². The zero-order valence-corrected chi connectivity index (χ0v) is 10.9. The van der Waals surface area contributed by atoms with E-state index in [0.29, 0.717) is 5.92 Å². The van der Waals surface area contributed by atoms with Crippen LogP contribution in [0.2, 0.25) is 0 Å². The van der Waals surface area contributed by atoms with E-state index in [0.717, 1.165) is 44.2 Å². The maximum Gasteiger partial charge on any atom is 0.240 e. The molecule has 0 aromatic carbocycles. The molecule has 0 aliphatic carbocycles. The van der Waals surface area contributed by atoms with Crippen molar-refractivity contribution in [2.24, 2.45) is 0 Å². The summed E-state index contributed by atoms with van der Waals surface area (Å²) >= 11 is 0. The van der Waals surface area contributed by atoms with Gasteiger partial charge in [0.1, 0.15) is 0 Å². The van der Waals surface area contributed by atoms with Crippen LogP contribution in [0.5, 0.6) is 0 Å². The molecule has 4 heteroatoms. The Morgan fingerprint density at radius 3 is 2.25 bits per heavy atom. The third-order valence-electron chi connectivity index (χ3n) is 2.44. The third kappa shape index (κ3) is 3.93. The standard InChI is InChI=1S/C12H23N3O/c1-5-7-15(8-6-2)9-11-13-12(10(3)4)14-16-11/h10H,5-9H2,1-4H3. The van der Waals surface area contributed by atoms with Crippen LogP contribution in [0.1, 0.15) is 58.2 Å². The molecule has 4 nitrogen and oxygen atoms in total. The highest BCUT2D eigenvalue weighted by atomic mass is 16.5. The largest absolute Gasteiger partial charge is 0.338 e. The van der Waals surface area contributed by atoms with Gasteiger partial charge in [-0.15, -0.1) is 0 Å². The van der Waals surface area contributed by atoms with Gasteiger partial charge >= 0.3 is 0 Å². The smallest absolute Gasteiger partial charge is 0.240 e. The maximum atomic E-state index is 5.25. The molecule has 0 N–H and O–H groups in total. The van der Waals surface area contributed by atoms with Gasteiger partial charge in [0.05, 0.1) is 6.54 Å². The van der Waals surface area contributed by atoms with Crippen LogP contribution in [0.4, 0.5) is 0 Å². The predicted octanol–water partition coefficient (Wildman–Crippen LogP) is 2.82. The van der Waals surface area contributed by atoms with E-state index < -0.39 is 0 Å². The van der Waals surface area contributed by atoms with Crippen LogP contribution in [-0.4, -0.2) is 28.1 Å². The van der Waals surface area contributed by atoms with Gasteiger partial charge in [-0.1, -0.05) is 32.9 Å². The molecular formula is C12H23N3O. The summed E-state index contributed by atoms with van der Waals surface area (Å²) < 4.78 is 5.25. The van der Waals surface area contributed by atoms with Gasteiger partial charge in [0, 0.05) is 5.92 Å². The average molecular weight is 225 g/mol. The number of hydrogen-bond donors (Lipinski definition) is 0. The van der Waals surface area contributed by atoms with Crippen molar-refractivity contribution >= 4 is 0 Å². The summed E-state index contributed by atoms with van der Waals surface area (Å²) in [7, 11) is 0. The number of aromatic nitrogens is 2. The number of nitrogens with zero attached hydrogens (tertiary/aromatic N) is 3. The zero-order valence-electron chi connectivity index (χ0n) is 10.9. The van der Waals surface area contributed by atoms with Gasteiger partial charge in [0.25, 0.3) is 0 Å². The quantitative estimate of drug-likeness (QED) is 0.715. The minimum absolute atomic E-state index is 0.336. The van der Waals surface area contributed by atoms with E-state index in [2.05, 4.69) is 42.7 Å². The second kappa shape index (κ2) is 6.63. The van der Waals surface area contributed by atoms with Gasteiger partial charge in [-0.05, 0) is 25.9 Å². The molecule has 0 radical (unpaired) electrons. The van der Waals surface area contributed by atoms with Crippen LogP contribution in [-0.2, 0) is 6.54 Å². The Balaban J connectivity index is 2.55. The molecule has 0 spiro atoms. The fourth-order valence-corrected chi connectivity index (χ4v) is 1.66. The van der Waals surface area contributed by atoms with Crippen LogP contribution in [0.3, 0.4) is 0 Å². The first-order valence-electron chi connectivity index (χ1n) is 6.22. The van der Waals surface area contributed by atoms with Crippen LogP contribution in [0.15, 0.2) is 4.52 Å². The van der Waals surface area contributed by atoms with Gasteiger partial charge in [-0.25, -0.2) is 0 Å². The van der Waals surface area contributed by atoms with E-state index in [1.807, 2.05) is 0 Å². The Bertz CT molecular complexity index is 290. The molecule has 0 saturated heterocycles. The zero-order chi connectivity index (χ0) is 12.0. The van der Waals surface area contributed by atoms with E-state index in [-0.39, 0.29) is 0 Å². The number of hydrogen-bond acceptors (Lipinski definition) is 4. The van der Waals surface area contributed by atoms with Crippen molar-refractivity contribution in [1.82, 2.24) is 15.0 Å². The Kier molecular flexibility index (Phi) is 5.46. The number of rotatable bonds is 7. The summed E-state index contributed by atoms with van der Waals surface area (Å²) in [5.41, 5.74) is 0. The van der Waals surface area contributed by atoms with Crippen molar-refractivity contribution in [3.8, 4) is 0 Å². The van der Waals surface area contributed by atoms with Gasteiger partial charge in [0.15, 0.2) is 5.82 Å². The summed E-state index contributed by atoms with van der Waals surface area (Å²) in [6.45, 7) is 11.5. The van der Waals surface area contributed by atoms with E-state index in [4.69, 9.17) is 4.52 Å². The lowest BCUT2D eigenvalue weighted by molar-refractivity contribution is 0.226. The van der Waals surface area contributed by atoms with E-state index >= 15 is 0 Å². The molecule has 16 heavy (non-hydrogen) atoms. The highest BCUT2D eigenvalue weighted by molar-refractivity contribution is 4.91. The summed E-state index contributed by atoms with van der Waals surface area (Å²) in [4.78, 5) is 6.75. The van der Waals surface area contributed by atoms with E-state index in [1.165, 1.54) is 0 Å². The SMILES string of the molecule is CCCN(CCC)Cc1nc(C(C)C)no1. The predicted molar refractivity (Wildman–Crippen MR) is 64.2 cm³/mol.